The van der Waals surface area contributed by atoms with Crippen molar-refractivity contribution in [2.75, 3.05) is 11.0 Å². The minimum absolute atomic E-state index is 0.0801. The summed E-state index contributed by atoms with van der Waals surface area (Å²) in [5.74, 6) is 0.612. The molecule has 0 bridgehead atoms. The minimum Gasteiger partial charge on any atom is -0.359 e. The van der Waals surface area contributed by atoms with E-state index in [2.05, 4.69) is 47.0 Å². The largest absolute Gasteiger partial charge is 0.359 e. The Morgan fingerprint density at radius 3 is 2.44 bits per heavy atom. The van der Waals surface area contributed by atoms with Gasteiger partial charge in [-0.2, -0.15) is 0 Å². The van der Waals surface area contributed by atoms with E-state index in [9.17, 15) is 8.42 Å². The van der Waals surface area contributed by atoms with Crippen LogP contribution in [0.4, 0.5) is 5.69 Å². The molecule has 2 aromatic carbocycles. The molecule has 25 heavy (non-hydrogen) atoms. The highest BCUT2D eigenvalue weighted by Crippen LogP contribution is 2.53. The molecule has 130 valence electrons. The normalized spacial score (nSPS) is 17.4. The van der Waals surface area contributed by atoms with Crippen LogP contribution in [0.1, 0.15) is 30.9 Å². The van der Waals surface area contributed by atoms with E-state index in [1.807, 2.05) is 18.3 Å². The van der Waals surface area contributed by atoms with E-state index in [0.717, 1.165) is 10.9 Å². The Bertz CT molecular complexity index is 1020. The van der Waals surface area contributed by atoms with Gasteiger partial charge in [-0.05, 0) is 36.0 Å². The van der Waals surface area contributed by atoms with Gasteiger partial charge in [0.2, 0.25) is 10.0 Å². The molecule has 1 fully saturated rings. The summed E-state index contributed by atoms with van der Waals surface area (Å²) in [5.41, 5.74) is 3.89. The van der Waals surface area contributed by atoms with Crippen molar-refractivity contribution in [1.82, 2.24) is 4.98 Å². The van der Waals surface area contributed by atoms with Crippen molar-refractivity contribution in [3.8, 4) is 0 Å². The van der Waals surface area contributed by atoms with Gasteiger partial charge in [0.15, 0.2) is 0 Å². The van der Waals surface area contributed by atoms with E-state index in [-0.39, 0.29) is 5.41 Å². The second-order valence-electron chi connectivity index (χ2n) is 7.15. The van der Waals surface area contributed by atoms with Crippen LogP contribution in [-0.2, 0) is 15.4 Å². The molecule has 2 N–H and O–H groups in total. The van der Waals surface area contributed by atoms with Crippen LogP contribution < -0.4 is 4.72 Å². The summed E-state index contributed by atoms with van der Waals surface area (Å²) in [6.45, 7) is 2.30. The number of rotatable bonds is 5. The molecule has 1 unspecified atom stereocenters. The van der Waals surface area contributed by atoms with Gasteiger partial charge < -0.3 is 4.98 Å². The summed E-state index contributed by atoms with van der Waals surface area (Å²) < 4.78 is 25.9. The van der Waals surface area contributed by atoms with Crippen molar-refractivity contribution < 1.29 is 8.42 Å². The van der Waals surface area contributed by atoms with Gasteiger partial charge in [0, 0.05) is 17.0 Å². The number of benzene rings is 2. The predicted molar refractivity (Wildman–Crippen MR) is 102 cm³/mol. The van der Waals surface area contributed by atoms with E-state index < -0.39 is 10.0 Å². The molecule has 3 aromatic rings. The number of anilines is 1. The SMILES string of the molecule is CC(c1ccccc1)(c1c[nH]c2c(NS(C)(=O)=O)cccc12)C1CC1. The first-order chi connectivity index (χ1) is 11.9. The van der Waals surface area contributed by atoms with Crippen LogP contribution in [0.25, 0.3) is 10.9 Å². The zero-order valence-corrected chi connectivity index (χ0v) is 15.2. The molecule has 0 radical (unpaired) electrons. The Hall–Kier alpha value is -2.27. The van der Waals surface area contributed by atoms with Crippen molar-refractivity contribution >= 4 is 26.6 Å². The lowest BCUT2D eigenvalue weighted by Crippen LogP contribution is -2.26. The summed E-state index contributed by atoms with van der Waals surface area (Å²) in [6, 6.07) is 16.4. The Balaban J connectivity index is 1.90. The molecule has 4 nitrogen and oxygen atoms in total. The van der Waals surface area contributed by atoms with Gasteiger partial charge in [-0.1, -0.05) is 49.4 Å². The van der Waals surface area contributed by atoms with Gasteiger partial charge in [0.1, 0.15) is 0 Å². The highest BCUT2D eigenvalue weighted by atomic mass is 32.2. The van der Waals surface area contributed by atoms with Crippen LogP contribution in [0.2, 0.25) is 0 Å². The summed E-state index contributed by atoms with van der Waals surface area (Å²) in [7, 11) is -3.32. The van der Waals surface area contributed by atoms with Crippen molar-refractivity contribution in [1.29, 1.82) is 0 Å². The first-order valence-electron chi connectivity index (χ1n) is 8.53. The fourth-order valence-electron chi connectivity index (χ4n) is 3.92. The Labute approximate surface area is 148 Å². The van der Waals surface area contributed by atoms with E-state index in [1.165, 1.54) is 30.2 Å². The van der Waals surface area contributed by atoms with E-state index in [1.54, 1.807) is 6.07 Å². The maximum atomic E-state index is 11.7. The third-order valence-electron chi connectivity index (χ3n) is 5.34. The maximum Gasteiger partial charge on any atom is 0.229 e. The highest BCUT2D eigenvalue weighted by Gasteiger charge is 2.45. The average molecular weight is 354 g/mol. The number of fused-ring (bicyclic) bond motifs is 1. The lowest BCUT2D eigenvalue weighted by atomic mass is 9.72. The number of hydrogen-bond donors (Lipinski definition) is 2. The number of sulfonamides is 1. The van der Waals surface area contributed by atoms with Gasteiger partial charge in [0.05, 0.1) is 17.5 Å². The number of aromatic nitrogens is 1. The summed E-state index contributed by atoms with van der Waals surface area (Å²) >= 11 is 0. The Morgan fingerprint density at radius 1 is 1.08 bits per heavy atom. The zero-order valence-electron chi connectivity index (χ0n) is 14.4. The Morgan fingerprint density at radius 2 is 1.80 bits per heavy atom. The predicted octanol–water partition coefficient (Wildman–Crippen LogP) is 4.26. The molecule has 1 atom stereocenters. The smallest absolute Gasteiger partial charge is 0.229 e. The van der Waals surface area contributed by atoms with Crippen molar-refractivity contribution in [2.24, 2.45) is 5.92 Å². The molecule has 0 aliphatic heterocycles. The van der Waals surface area contributed by atoms with E-state index in [4.69, 9.17) is 0 Å². The molecular formula is C20H22N2O2S. The molecule has 0 saturated heterocycles. The van der Waals surface area contributed by atoms with Crippen molar-refractivity contribution in [2.45, 2.75) is 25.2 Å². The number of para-hydroxylation sites is 1. The molecule has 1 heterocycles. The van der Waals surface area contributed by atoms with Crippen LogP contribution in [-0.4, -0.2) is 19.7 Å². The number of nitrogens with one attached hydrogen (secondary N) is 2. The number of hydrogen-bond acceptors (Lipinski definition) is 2. The van der Waals surface area contributed by atoms with Gasteiger partial charge in [-0.3, -0.25) is 4.72 Å². The van der Waals surface area contributed by atoms with Crippen LogP contribution in [0.15, 0.2) is 54.7 Å². The monoisotopic (exact) mass is 354 g/mol. The summed E-state index contributed by atoms with van der Waals surface area (Å²) in [4.78, 5) is 3.31. The molecule has 1 aromatic heterocycles. The molecule has 4 rings (SSSR count). The van der Waals surface area contributed by atoms with Crippen LogP contribution in [0, 0.1) is 5.92 Å². The quantitative estimate of drug-likeness (QED) is 0.719. The van der Waals surface area contributed by atoms with Crippen molar-refractivity contribution in [3.05, 3.63) is 65.9 Å². The van der Waals surface area contributed by atoms with E-state index in [0.29, 0.717) is 11.6 Å². The van der Waals surface area contributed by atoms with Crippen molar-refractivity contribution in [3.63, 3.8) is 0 Å². The molecule has 1 aliphatic carbocycles. The molecular weight excluding hydrogens is 332 g/mol. The standard InChI is InChI=1S/C20H22N2O2S/c1-20(15-11-12-15,14-7-4-3-5-8-14)17-13-21-19-16(17)9-6-10-18(19)22-25(2,23)24/h3-10,13,15,21-22H,11-12H2,1-2H3. The molecule has 5 heteroatoms. The summed E-state index contributed by atoms with van der Waals surface area (Å²) in [5, 5.41) is 1.08. The third-order valence-corrected chi connectivity index (χ3v) is 5.93. The summed E-state index contributed by atoms with van der Waals surface area (Å²) in [6.07, 6.45) is 5.66. The number of H-pyrrole nitrogens is 1. The first-order valence-corrected chi connectivity index (χ1v) is 10.4. The van der Waals surface area contributed by atoms with Gasteiger partial charge >= 0.3 is 0 Å². The van der Waals surface area contributed by atoms with Gasteiger partial charge in [-0.25, -0.2) is 8.42 Å². The fourth-order valence-corrected chi connectivity index (χ4v) is 4.49. The maximum absolute atomic E-state index is 11.7. The second-order valence-corrected chi connectivity index (χ2v) is 8.90. The molecule has 0 amide bonds. The zero-order chi connectivity index (χ0) is 17.7. The lowest BCUT2D eigenvalue weighted by molar-refractivity contribution is 0.499. The van der Waals surface area contributed by atoms with Crippen LogP contribution >= 0.6 is 0 Å². The highest BCUT2D eigenvalue weighted by molar-refractivity contribution is 7.92. The molecule has 1 saturated carbocycles. The molecule has 0 spiro atoms. The third kappa shape index (κ3) is 2.82. The van der Waals surface area contributed by atoms with E-state index >= 15 is 0 Å². The second kappa shape index (κ2) is 5.63. The topological polar surface area (TPSA) is 62.0 Å². The Kier molecular flexibility index (Phi) is 3.65. The minimum atomic E-state index is -3.32. The van der Waals surface area contributed by atoms with Gasteiger partial charge in [0.25, 0.3) is 0 Å². The van der Waals surface area contributed by atoms with Crippen LogP contribution in [0.5, 0.6) is 0 Å². The van der Waals surface area contributed by atoms with Crippen LogP contribution in [0.3, 0.4) is 0 Å². The average Bonchev–Trinajstić information content (AvgIpc) is 3.34. The number of aromatic amines is 1. The lowest BCUT2D eigenvalue weighted by Gasteiger charge is -2.30. The fraction of sp³-hybridized carbons (Fsp3) is 0.300. The van der Waals surface area contributed by atoms with Gasteiger partial charge in [-0.15, -0.1) is 0 Å². The first kappa shape index (κ1) is 16.2. The molecule has 1 aliphatic rings.